The van der Waals surface area contributed by atoms with Crippen LogP contribution in [0.15, 0.2) is 18.2 Å². The third-order valence-electron chi connectivity index (χ3n) is 3.24. The van der Waals surface area contributed by atoms with E-state index in [1.807, 2.05) is 6.92 Å². The molecule has 1 aromatic carbocycles. The molecule has 1 fully saturated rings. The SMILES string of the molecule is CC1C(N)CCN1C(=O)c1ccc(F)c(F)c1. The van der Waals surface area contributed by atoms with E-state index >= 15 is 0 Å². The van der Waals surface area contributed by atoms with Crippen molar-refractivity contribution in [2.75, 3.05) is 6.54 Å². The Morgan fingerprint density at radius 3 is 2.65 bits per heavy atom. The summed E-state index contributed by atoms with van der Waals surface area (Å²) in [5.74, 6) is -2.26. The molecule has 1 aromatic rings. The number of nitrogens with zero attached hydrogens (tertiary/aromatic N) is 1. The molecular formula is C12H14F2N2O. The Bertz CT molecular complexity index is 450. The van der Waals surface area contributed by atoms with E-state index in [2.05, 4.69) is 0 Å². The number of likely N-dealkylation sites (tertiary alicyclic amines) is 1. The molecule has 1 saturated heterocycles. The molecule has 2 rings (SSSR count). The van der Waals surface area contributed by atoms with Crippen molar-refractivity contribution < 1.29 is 13.6 Å². The minimum absolute atomic E-state index is 0.0516. The second-order valence-corrected chi connectivity index (χ2v) is 4.32. The highest BCUT2D eigenvalue weighted by atomic mass is 19.2. The van der Waals surface area contributed by atoms with Gasteiger partial charge in [0.1, 0.15) is 0 Å². The van der Waals surface area contributed by atoms with Gasteiger partial charge in [0.05, 0.1) is 0 Å². The monoisotopic (exact) mass is 240 g/mol. The lowest BCUT2D eigenvalue weighted by Gasteiger charge is -2.23. The average molecular weight is 240 g/mol. The van der Waals surface area contributed by atoms with Crippen LogP contribution in [0.3, 0.4) is 0 Å². The lowest BCUT2D eigenvalue weighted by molar-refractivity contribution is 0.0742. The van der Waals surface area contributed by atoms with Gasteiger partial charge in [-0.05, 0) is 31.5 Å². The van der Waals surface area contributed by atoms with Crippen LogP contribution in [-0.2, 0) is 0 Å². The van der Waals surface area contributed by atoms with Gasteiger partial charge in [-0.25, -0.2) is 8.78 Å². The molecule has 0 bridgehead atoms. The van der Waals surface area contributed by atoms with Crippen LogP contribution in [-0.4, -0.2) is 29.4 Å². The van der Waals surface area contributed by atoms with Crippen LogP contribution in [0.25, 0.3) is 0 Å². The minimum atomic E-state index is -1.01. The van der Waals surface area contributed by atoms with Crippen molar-refractivity contribution in [1.82, 2.24) is 4.90 Å². The Morgan fingerprint density at radius 2 is 2.12 bits per heavy atom. The van der Waals surface area contributed by atoms with Crippen molar-refractivity contribution in [1.29, 1.82) is 0 Å². The third-order valence-corrected chi connectivity index (χ3v) is 3.24. The first-order valence-electron chi connectivity index (χ1n) is 5.52. The van der Waals surface area contributed by atoms with E-state index < -0.39 is 11.6 Å². The maximum Gasteiger partial charge on any atom is 0.254 e. The van der Waals surface area contributed by atoms with Gasteiger partial charge >= 0.3 is 0 Å². The lowest BCUT2D eigenvalue weighted by Crippen LogP contribution is -2.40. The summed E-state index contributed by atoms with van der Waals surface area (Å²) in [6.07, 6.45) is 0.733. The Hall–Kier alpha value is -1.49. The minimum Gasteiger partial charge on any atom is -0.334 e. The maximum atomic E-state index is 13.0. The number of carbonyl (C=O) groups is 1. The van der Waals surface area contributed by atoms with Crippen LogP contribution in [0.5, 0.6) is 0 Å². The highest BCUT2D eigenvalue weighted by Gasteiger charge is 2.32. The van der Waals surface area contributed by atoms with Crippen molar-refractivity contribution in [3.63, 3.8) is 0 Å². The normalized spacial score (nSPS) is 24.1. The van der Waals surface area contributed by atoms with Crippen LogP contribution in [0.2, 0.25) is 0 Å². The number of rotatable bonds is 1. The topological polar surface area (TPSA) is 46.3 Å². The van der Waals surface area contributed by atoms with Gasteiger partial charge in [-0.2, -0.15) is 0 Å². The Labute approximate surface area is 98.2 Å². The highest BCUT2D eigenvalue weighted by molar-refractivity contribution is 5.94. The predicted octanol–water partition coefficient (Wildman–Crippen LogP) is 1.53. The first kappa shape index (κ1) is 12.0. The number of carbonyl (C=O) groups excluding carboxylic acids is 1. The Morgan fingerprint density at radius 1 is 1.41 bits per heavy atom. The van der Waals surface area contributed by atoms with Gasteiger partial charge in [-0.15, -0.1) is 0 Å². The van der Waals surface area contributed by atoms with Crippen molar-refractivity contribution in [3.8, 4) is 0 Å². The molecule has 0 saturated carbocycles. The molecule has 2 atom stereocenters. The van der Waals surface area contributed by atoms with E-state index in [-0.39, 0.29) is 23.6 Å². The van der Waals surface area contributed by atoms with Crippen molar-refractivity contribution >= 4 is 5.91 Å². The van der Waals surface area contributed by atoms with Gasteiger partial charge in [-0.1, -0.05) is 0 Å². The third kappa shape index (κ3) is 2.15. The smallest absolute Gasteiger partial charge is 0.254 e. The van der Waals surface area contributed by atoms with E-state index in [1.54, 1.807) is 4.90 Å². The predicted molar refractivity (Wildman–Crippen MR) is 59.4 cm³/mol. The van der Waals surface area contributed by atoms with Crippen molar-refractivity contribution in [3.05, 3.63) is 35.4 Å². The van der Waals surface area contributed by atoms with Gasteiger partial charge in [0.2, 0.25) is 0 Å². The fourth-order valence-corrected chi connectivity index (χ4v) is 2.05. The first-order chi connectivity index (χ1) is 8.00. The highest BCUT2D eigenvalue weighted by Crippen LogP contribution is 2.19. The lowest BCUT2D eigenvalue weighted by atomic mass is 10.1. The Balaban J connectivity index is 2.22. The molecule has 0 aromatic heterocycles. The quantitative estimate of drug-likeness (QED) is 0.809. The fourth-order valence-electron chi connectivity index (χ4n) is 2.05. The molecule has 0 aliphatic carbocycles. The summed E-state index contributed by atoms with van der Waals surface area (Å²) in [4.78, 5) is 13.6. The molecule has 17 heavy (non-hydrogen) atoms. The zero-order valence-electron chi connectivity index (χ0n) is 9.49. The number of hydrogen-bond donors (Lipinski definition) is 1. The van der Waals surface area contributed by atoms with Crippen LogP contribution < -0.4 is 5.73 Å². The molecule has 2 unspecified atom stereocenters. The summed E-state index contributed by atoms with van der Waals surface area (Å²) in [6.45, 7) is 2.41. The van der Waals surface area contributed by atoms with Crippen molar-refractivity contribution in [2.24, 2.45) is 5.73 Å². The van der Waals surface area contributed by atoms with Gasteiger partial charge in [0.25, 0.3) is 5.91 Å². The standard InChI is InChI=1S/C12H14F2N2O/c1-7-11(15)4-5-16(7)12(17)8-2-3-9(13)10(14)6-8/h2-3,6-7,11H,4-5,15H2,1H3. The van der Waals surface area contributed by atoms with E-state index in [4.69, 9.17) is 5.73 Å². The van der Waals surface area contributed by atoms with Crippen LogP contribution in [0.4, 0.5) is 8.78 Å². The van der Waals surface area contributed by atoms with Crippen LogP contribution in [0, 0.1) is 11.6 Å². The summed E-state index contributed by atoms with van der Waals surface area (Å²) >= 11 is 0. The maximum absolute atomic E-state index is 13.0. The number of benzene rings is 1. The second kappa shape index (κ2) is 4.41. The molecule has 3 nitrogen and oxygen atoms in total. The van der Waals surface area contributed by atoms with Crippen molar-refractivity contribution in [2.45, 2.75) is 25.4 Å². The van der Waals surface area contributed by atoms with E-state index in [9.17, 15) is 13.6 Å². The zero-order valence-corrected chi connectivity index (χ0v) is 9.49. The second-order valence-electron chi connectivity index (χ2n) is 4.32. The molecule has 92 valence electrons. The zero-order chi connectivity index (χ0) is 12.6. The molecule has 1 aliphatic heterocycles. The molecular weight excluding hydrogens is 226 g/mol. The largest absolute Gasteiger partial charge is 0.334 e. The number of amides is 1. The molecule has 0 spiro atoms. The summed E-state index contributed by atoms with van der Waals surface area (Å²) in [7, 11) is 0. The molecule has 1 aliphatic rings. The van der Waals surface area contributed by atoms with Gasteiger partial charge < -0.3 is 10.6 Å². The van der Waals surface area contributed by atoms with E-state index in [1.165, 1.54) is 6.07 Å². The fraction of sp³-hybridized carbons (Fsp3) is 0.417. The molecule has 0 radical (unpaired) electrons. The number of nitrogens with two attached hydrogens (primary N) is 1. The summed E-state index contributed by atoms with van der Waals surface area (Å²) in [5, 5.41) is 0. The van der Waals surface area contributed by atoms with E-state index in [0.717, 1.165) is 18.6 Å². The molecule has 1 heterocycles. The summed E-state index contributed by atoms with van der Waals surface area (Å²) in [6, 6.07) is 3.05. The van der Waals surface area contributed by atoms with Gasteiger partial charge in [-0.3, -0.25) is 4.79 Å². The van der Waals surface area contributed by atoms with E-state index in [0.29, 0.717) is 6.54 Å². The van der Waals surface area contributed by atoms with Crippen LogP contribution >= 0.6 is 0 Å². The summed E-state index contributed by atoms with van der Waals surface area (Å²) < 4.78 is 25.8. The number of halogens is 2. The molecule has 2 N–H and O–H groups in total. The number of hydrogen-bond acceptors (Lipinski definition) is 2. The first-order valence-corrected chi connectivity index (χ1v) is 5.52. The molecule has 1 amide bonds. The van der Waals surface area contributed by atoms with Gasteiger partial charge in [0, 0.05) is 24.2 Å². The summed E-state index contributed by atoms with van der Waals surface area (Å²) in [5.41, 5.74) is 5.97. The van der Waals surface area contributed by atoms with Crippen LogP contribution in [0.1, 0.15) is 23.7 Å². The van der Waals surface area contributed by atoms with Gasteiger partial charge in [0.15, 0.2) is 11.6 Å². The average Bonchev–Trinajstić information content (AvgIpc) is 2.63. The molecule has 5 heteroatoms. The Kier molecular flexibility index (Phi) is 3.11.